The van der Waals surface area contributed by atoms with Crippen molar-refractivity contribution in [3.8, 4) is 0 Å². The fraction of sp³-hybridized carbons (Fsp3) is 0.625. The minimum absolute atomic E-state index is 0.647. The first-order valence-electron chi connectivity index (χ1n) is 6.61. The second-order valence-electron chi connectivity index (χ2n) is 5.35. The molecule has 0 spiro atoms. The smallest absolute Gasteiger partial charge is 0.0219 e. The van der Waals surface area contributed by atoms with Crippen LogP contribution in [0.15, 0.2) is 18.2 Å². The van der Waals surface area contributed by atoms with Crippen LogP contribution in [0.3, 0.4) is 0 Å². The van der Waals surface area contributed by atoms with Crippen molar-refractivity contribution >= 4 is 0 Å². The first-order chi connectivity index (χ1) is 7.54. The first kappa shape index (κ1) is 13.3. The van der Waals surface area contributed by atoms with Crippen molar-refractivity contribution in [3.05, 3.63) is 34.9 Å². The maximum Gasteiger partial charge on any atom is -0.0219 e. The summed E-state index contributed by atoms with van der Waals surface area (Å²) in [5, 5.41) is 0. The van der Waals surface area contributed by atoms with Crippen molar-refractivity contribution in [2.45, 2.75) is 59.8 Å². The first-order valence-corrected chi connectivity index (χ1v) is 6.61. The Balaban J connectivity index is 0.000000212. The van der Waals surface area contributed by atoms with Gasteiger partial charge in [-0.05, 0) is 42.4 Å². The van der Waals surface area contributed by atoms with E-state index >= 15 is 0 Å². The molecule has 0 amide bonds. The molecule has 1 saturated carbocycles. The molecule has 1 aromatic rings. The monoisotopic (exact) mass is 218 g/mol. The van der Waals surface area contributed by atoms with Crippen LogP contribution in [-0.4, -0.2) is 0 Å². The third kappa shape index (κ3) is 4.38. The van der Waals surface area contributed by atoms with Crippen LogP contribution in [0, 0.1) is 19.8 Å². The molecule has 0 heterocycles. The third-order valence-electron chi connectivity index (χ3n) is 3.47. The van der Waals surface area contributed by atoms with Crippen LogP contribution in [0.5, 0.6) is 0 Å². The standard InChI is InChI=1S/C11H16.C5H10/c1-8(2)11-6-5-9(3)10(4)7-11;1-2-5-3-4-5/h5-8H,1-4H3;5H,2-4H2,1H3. The van der Waals surface area contributed by atoms with Crippen molar-refractivity contribution in [3.63, 3.8) is 0 Å². The average molecular weight is 218 g/mol. The zero-order valence-corrected chi connectivity index (χ0v) is 11.5. The van der Waals surface area contributed by atoms with Gasteiger partial charge in [-0.15, -0.1) is 0 Å². The van der Waals surface area contributed by atoms with E-state index in [1.807, 2.05) is 0 Å². The number of hydrogen-bond acceptors (Lipinski definition) is 0. The Morgan fingerprint density at radius 2 is 1.75 bits per heavy atom. The largest absolute Gasteiger partial charge is 0.0651 e. The fourth-order valence-corrected chi connectivity index (χ4v) is 1.65. The van der Waals surface area contributed by atoms with Gasteiger partial charge in [0.05, 0.1) is 0 Å². The molecule has 1 fully saturated rings. The van der Waals surface area contributed by atoms with Gasteiger partial charge in [0, 0.05) is 0 Å². The second kappa shape index (κ2) is 6.08. The predicted octanol–water partition coefficient (Wildman–Crippen LogP) is 5.23. The molecular weight excluding hydrogens is 192 g/mol. The highest BCUT2D eigenvalue weighted by molar-refractivity contribution is 5.31. The molecule has 0 aliphatic heterocycles. The molecule has 0 unspecified atom stereocenters. The highest BCUT2D eigenvalue weighted by atomic mass is 14.2. The van der Waals surface area contributed by atoms with Gasteiger partial charge in [0.25, 0.3) is 0 Å². The fourth-order valence-electron chi connectivity index (χ4n) is 1.65. The molecule has 1 aliphatic rings. The normalized spacial score (nSPS) is 14.6. The molecular formula is C16H26. The lowest BCUT2D eigenvalue weighted by atomic mass is 9.99. The summed E-state index contributed by atoms with van der Waals surface area (Å²) in [5.41, 5.74) is 4.22. The highest BCUT2D eigenvalue weighted by Crippen LogP contribution is 2.31. The summed E-state index contributed by atoms with van der Waals surface area (Å²) in [5.74, 6) is 1.78. The number of benzene rings is 1. The Labute approximate surface area is 101 Å². The Hall–Kier alpha value is -0.780. The minimum Gasteiger partial charge on any atom is -0.0651 e. The summed E-state index contributed by atoms with van der Waals surface area (Å²) >= 11 is 0. The lowest BCUT2D eigenvalue weighted by molar-refractivity contribution is 0.799. The van der Waals surface area contributed by atoms with E-state index in [0.717, 1.165) is 5.92 Å². The zero-order chi connectivity index (χ0) is 12.1. The summed E-state index contributed by atoms with van der Waals surface area (Å²) in [6, 6.07) is 6.69. The Morgan fingerprint density at radius 1 is 1.12 bits per heavy atom. The van der Waals surface area contributed by atoms with Gasteiger partial charge in [0.2, 0.25) is 0 Å². The maximum atomic E-state index is 2.28. The summed E-state index contributed by atoms with van der Waals surface area (Å²) < 4.78 is 0. The molecule has 2 rings (SSSR count). The maximum absolute atomic E-state index is 2.28. The predicted molar refractivity (Wildman–Crippen MR) is 73.0 cm³/mol. The van der Waals surface area contributed by atoms with E-state index in [0.29, 0.717) is 5.92 Å². The molecule has 0 radical (unpaired) electrons. The van der Waals surface area contributed by atoms with Gasteiger partial charge in [0.1, 0.15) is 0 Å². The van der Waals surface area contributed by atoms with Gasteiger partial charge in [-0.25, -0.2) is 0 Å². The lowest BCUT2D eigenvalue weighted by Crippen LogP contribution is -1.89. The molecule has 1 aliphatic carbocycles. The van der Waals surface area contributed by atoms with Crippen LogP contribution >= 0.6 is 0 Å². The Kier molecular flexibility index (Phi) is 5.05. The van der Waals surface area contributed by atoms with Crippen LogP contribution in [0.25, 0.3) is 0 Å². The minimum atomic E-state index is 0.647. The molecule has 90 valence electrons. The molecule has 0 aromatic heterocycles. The van der Waals surface area contributed by atoms with Crippen molar-refractivity contribution in [1.29, 1.82) is 0 Å². The summed E-state index contributed by atoms with van der Waals surface area (Å²) in [7, 11) is 0. The van der Waals surface area contributed by atoms with Gasteiger partial charge < -0.3 is 0 Å². The second-order valence-corrected chi connectivity index (χ2v) is 5.35. The molecule has 0 atom stereocenters. The van der Waals surface area contributed by atoms with E-state index < -0.39 is 0 Å². The van der Waals surface area contributed by atoms with E-state index in [9.17, 15) is 0 Å². The third-order valence-corrected chi connectivity index (χ3v) is 3.47. The molecule has 0 bridgehead atoms. The van der Waals surface area contributed by atoms with E-state index in [-0.39, 0.29) is 0 Å². The van der Waals surface area contributed by atoms with E-state index in [2.05, 4.69) is 52.8 Å². The van der Waals surface area contributed by atoms with Crippen molar-refractivity contribution < 1.29 is 0 Å². The van der Waals surface area contributed by atoms with Crippen LogP contribution in [0.2, 0.25) is 0 Å². The van der Waals surface area contributed by atoms with Gasteiger partial charge in [0.15, 0.2) is 0 Å². The quantitative estimate of drug-likeness (QED) is 0.637. The molecule has 0 heteroatoms. The molecule has 0 nitrogen and oxygen atoms in total. The average Bonchev–Trinajstić information content (AvgIpc) is 3.06. The highest BCUT2D eigenvalue weighted by Gasteiger charge is 2.17. The summed E-state index contributed by atoms with van der Waals surface area (Å²) in [4.78, 5) is 0. The van der Waals surface area contributed by atoms with Gasteiger partial charge in [-0.1, -0.05) is 58.2 Å². The van der Waals surface area contributed by atoms with Crippen LogP contribution in [0.4, 0.5) is 0 Å². The summed E-state index contributed by atoms with van der Waals surface area (Å²) in [6.45, 7) is 11.0. The van der Waals surface area contributed by atoms with E-state index in [1.54, 1.807) is 0 Å². The van der Waals surface area contributed by atoms with Crippen molar-refractivity contribution in [2.24, 2.45) is 5.92 Å². The zero-order valence-electron chi connectivity index (χ0n) is 11.5. The van der Waals surface area contributed by atoms with Crippen LogP contribution in [-0.2, 0) is 0 Å². The molecule has 0 saturated heterocycles. The molecule has 0 N–H and O–H groups in total. The Bertz CT molecular complexity index is 319. The molecule has 1 aromatic carbocycles. The Morgan fingerprint density at radius 3 is 2.06 bits per heavy atom. The van der Waals surface area contributed by atoms with Gasteiger partial charge in [-0.3, -0.25) is 0 Å². The van der Waals surface area contributed by atoms with Crippen molar-refractivity contribution in [2.75, 3.05) is 0 Å². The van der Waals surface area contributed by atoms with E-state index in [4.69, 9.17) is 0 Å². The van der Waals surface area contributed by atoms with Crippen molar-refractivity contribution in [1.82, 2.24) is 0 Å². The SMILES string of the molecule is CCC1CC1.Cc1ccc(C(C)C)cc1C. The summed E-state index contributed by atoms with van der Waals surface area (Å²) in [6.07, 6.45) is 4.44. The topological polar surface area (TPSA) is 0 Å². The lowest BCUT2D eigenvalue weighted by Gasteiger charge is -2.07. The number of hydrogen-bond donors (Lipinski definition) is 0. The van der Waals surface area contributed by atoms with Gasteiger partial charge >= 0.3 is 0 Å². The van der Waals surface area contributed by atoms with Gasteiger partial charge in [-0.2, -0.15) is 0 Å². The van der Waals surface area contributed by atoms with Crippen LogP contribution in [0.1, 0.15) is 62.6 Å². The molecule has 16 heavy (non-hydrogen) atoms. The number of aryl methyl sites for hydroxylation is 2. The number of rotatable bonds is 2. The van der Waals surface area contributed by atoms with E-state index in [1.165, 1.54) is 36.0 Å². The van der Waals surface area contributed by atoms with Crippen LogP contribution < -0.4 is 0 Å².